The Labute approximate surface area is 124 Å². The van der Waals surface area contributed by atoms with Gasteiger partial charge in [-0.1, -0.05) is 12.8 Å². The first-order valence-corrected chi connectivity index (χ1v) is 7.68. The Bertz CT molecular complexity index is 643. The molecular weight excluding hydrogens is 267 g/mol. The molecule has 1 aromatic carbocycles. The van der Waals surface area contributed by atoms with Crippen LogP contribution in [0.2, 0.25) is 0 Å². The summed E-state index contributed by atoms with van der Waals surface area (Å²) in [6.07, 6.45) is 5.26. The maximum absolute atomic E-state index is 13.6. The second-order valence-electron chi connectivity index (χ2n) is 6.13. The highest BCUT2D eigenvalue weighted by Crippen LogP contribution is 2.24. The van der Waals surface area contributed by atoms with E-state index in [1.54, 1.807) is 6.92 Å². The van der Waals surface area contributed by atoms with Crippen LogP contribution in [-0.4, -0.2) is 34.1 Å². The van der Waals surface area contributed by atoms with Crippen LogP contribution < -0.4 is 5.73 Å². The van der Waals surface area contributed by atoms with E-state index in [9.17, 15) is 4.39 Å². The molecule has 0 saturated heterocycles. The molecule has 0 unspecified atom stereocenters. The van der Waals surface area contributed by atoms with Crippen molar-refractivity contribution >= 4 is 17.0 Å². The van der Waals surface area contributed by atoms with Crippen LogP contribution in [0, 0.1) is 12.7 Å². The number of benzene rings is 1. The van der Waals surface area contributed by atoms with Gasteiger partial charge < -0.3 is 15.2 Å². The summed E-state index contributed by atoms with van der Waals surface area (Å²) >= 11 is 0. The van der Waals surface area contributed by atoms with E-state index in [1.165, 1.54) is 31.7 Å². The third kappa shape index (κ3) is 2.75. The largest absolute Gasteiger partial charge is 0.369 e. The zero-order valence-corrected chi connectivity index (χ0v) is 12.8. The zero-order valence-electron chi connectivity index (χ0n) is 12.8. The molecule has 1 aliphatic rings. The summed E-state index contributed by atoms with van der Waals surface area (Å²) in [6, 6.07) is 4.00. The van der Waals surface area contributed by atoms with Gasteiger partial charge in [-0.2, -0.15) is 0 Å². The van der Waals surface area contributed by atoms with Crippen LogP contribution in [0.1, 0.15) is 31.2 Å². The quantitative estimate of drug-likeness (QED) is 0.941. The summed E-state index contributed by atoms with van der Waals surface area (Å²) in [4.78, 5) is 6.68. The minimum absolute atomic E-state index is 0.227. The molecule has 0 atom stereocenters. The number of fused-ring (bicyclic) bond motifs is 1. The molecule has 4 nitrogen and oxygen atoms in total. The number of aromatic nitrogens is 2. The number of aryl methyl sites for hydroxylation is 1. The maximum Gasteiger partial charge on any atom is 0.201 e. The van der Waals surface area contributed by atoms with E-state index in [4.69, 9.17) is 5.73 Å². The molecule has 5 heteroatoms. The first kappa shape index (κ1) is 14.3. The van der Waals surface area contributed by atoms with Gasteiger partial charge in [-0.15, -0.1) is 0 Å². The average molecular weight is 290 g/mol. The van der Waals surface area contributed by atoms with E-state index in [-0.39, 0.29) is 5.82 Å². The van der Waals surface area contributed by atoms with Crippen LogP contribution in [0.25, 0.3) is 11.0 Å². The van der Waals surface area contributed by atoms with Crippen molar-refractivity contribution in [3.05, 3.63) is 23.5 Å². The van der Waals surface area contributed by atoms with Crippen molar-refractivity contribution in [3.8, 4) is 0 Å². The minimum atomic E-state index is -0.227. The molecule has 0 bridgehead atoms. The van der Waals surface area contributed by atoms with Gasteiger partial charge in [0.15, 0.2) is 0 Å². The van der Waals surface area contributed by atoms with Crippen LogP contribution in [0.5, 0.6) is 0 Å². The van der Waals surface area contributed by atoms with E-state index in [1.807, 2.05) is 10.6 Å². The van der Waals surface area contributed by atoms with Crippen molar-refractivity contribution in [2.75, 3.05) is 19.3 Å². The number of rotatable bonds is 4. The Hall–Kier alpha value is -1.62. The van der Waals surface area contributed by atoms with Crippen LogP contribution in [0.3, 0.4) is 0 Å². The molecule has 0 amide bonds. The predicted molar refractivity (Wildman–Crippen MR) is 83.7 cm³/mol. The van der Waals surface area contributed by atoms with Gasteiger partial charge in [-0.3, -0.25) is 0 Å². The summed E-state index contributed by atoms with van der Waals surface area (Å²) < 4.78 is 15.6. The number of nitrogens with zero attached hydrogens (tertiary/aromatic N) is 3. The van der Waals surface area contributed by atoms with Crippen LogP contribution >= 0.6 is 0 Å². The zero-order chi connectivity index (χ0) is 15.0. The SMILES string of the molecule is Cc1cc2c(cc1F)nc(N)n2CCN(C)C1CCCC1. The number of anilines is 1. The fourth-order valence-corrected chi connectivity index (χ4v) is 3.29. The molecule has 1 saturated carbocycles. The van der Waals surface area contributed by atoms with Crippen molar-refractivity contribution in [2.24, 2.45) is 0 Å². The molecule has 2 aromatic rings. The predicted octanol–water partition coefficient (Wildman–Crippen LogP) is 2.94. The summed E-state index contributed by atoms with van der Waals surface area (Å²) in [6.45, 7) is 3.50. The number of hydrogen-bond donors (Lipinski definition) is 1. The Balaban J connectivity index is 1.80. The van der Waals surface area contributed by atoms with E-state index in [2.05, 4.69) is 16.9 Å². The molecule has 3 rings (SSSR count). The first-order chi connectivity index (χ1) is 10.1. The smallest absolute Gasteiger partial charge is 0.201 e. The molecule has 114 valence electrons. The highest BCUT2D eigenvalue weighted by molar-refractivity contribution is 5.79. The number of likely N-dealkylation sites (N-methyl/N-ethyl adjacent to an activating group) is 1. The van der Waals surface area contributed by atoms with Crippen LogP contribution in [0.4, 0.5) is 10.3 Å². The fraction of sp³-hybridized carbons (Fsp3) is 0.562. The number of halogens is 1. The van der Waals surface area contributed by atoms with Gasteiger partial charge >= 0.3 is 0 Å². The first-order valence-electron chi connectivity index (χ1n) is 7.68. The molecule has 1 fully saturated rings. The average Bonchev–Trinajstić information content (AvgIpc) is 3.06. The van der Waals surface area contributed by atoms with Gasteiger partial charge in [0.05, 0.1) is 11.0 Å². The standard InChI is InChI=1S/C16H23FN4/c1-11-9-15-14(10-13(11)17)19-16(18)21(15)8-7-20(2)12-5-3-4-6-12/h9-10,12H,3-8H2,1-2H3,(H2,18,19). The Morgan fingerprint density at radius 2 is 2.10 bits per heavy atom. The third-order valence-electron chi connectivity index (χ3n) is 4.68. The van der Waals surface area contributed by atoms with E-state index < -0.39 is 0 Å². The summed E-state index contributed by atoms with van der Waals surface area (Å²) in [5, 5.41) is 0. The Morgan fingerprint density at radius 3 is 2.81 bits per heavy atom. The second-order valence-corrected chi connectivity index (χ2v) is 6.13. The fourth-order valence-electron chi connectivity index (χ4n) is 3.29. The molecule has 2 N–H and O–H groups in total. The number of imidazole rings is 1. The Morgan fingerprint density at radius 1 is 1.38 bits per heavy atom. The van der Waals surface area contributed by atoms with E-state index >= 15 is 0 Å². The monoisotopic (exact) mass is 290 g/mol. The van der Waals surface area contributed by atoms with Crippen molar-refractivity contribution < 1.29 is 4.39 Å². The van der Waals surface area contributed by atoms with E-state index in [0.717, 1.165) is 18.6 Å². The van der Waals surface area contributed by atoms with Crippen LogP contribution in [0.15, 0.2) is 12.1 Å². The molecule has 21 heavy (non-hydrogen) atoms. The van der Waals surface area contributed by atoms with Gasteiger partial charge in [0.1, 0.15) is 5.82 Å². The lowest BCUT2D eigenvalue weighted by atomic mass is 10.2. The molecule has 0 radical (unpaired) electrons. The molecule has 1 heterocycles. The number of nitrogens with two attached hydrogens (primary N) is 1. The summed E-state index contributed by atoms with van der Waals surface area (Å²) in [5.41, 5.74) is 8.20. The molecule has 0 aliphatic heterocycles. The third-order valence-corrected chi connectivity index (χ3v) is 4.68. The highest BCUT2D eigenvalue weighted by atomic mass is 19.1. The Kier molecular flexibility index (Phi) is 3.85. The second kappa shape index (κ2) is 5.64. The lowest BCUT2D eigenvalue weighted by Crippen LogP contribution is -2.32. The highest BCUT2D eigenvalue weighted by Gasteiger charge is 2.19. The van der Waals surface area contributed by atoms with Gasteiger partial charge in [-0.05, 0) is 38.4 Å². The molecule has 1 aromatic heterocycles. The molecule has 1 aliphatic carbocycles. The van der Waals surface area contributed by atoms with E-state index in [0.29, 0.717) is 23.1 Å². The van der Waals surface area contributed by atoms with Crippen LogP contribution in [-0.2, 0) is 6.54 Å². The molecule has 0 spiro atoms. The topological polar surface area (TPSA) is 47.1 Å². The number of hydrogen-bond acceptors (Lipinski definition) is 3. The van der Waals surface area contributed by atoms with Crippen molar-refractivity contribution in [3.63, 3.8) is 0 Å². The van der Waals surface area contributed by atoms with Crippen molar-refractivity contribution in [1.82, 2.24) is 14.5 Å². The van der Waals surface area contributed by atoms with Gasteiger partial charge in [-0.25, -0.2) is 9.37 Å². The van der Waals surface area contributed by atoms with Gasteiger partial charge in [0.2, 0.25) is 5.95 Å². The normalized spacial score (nSPS) is 16.4. The lowest BCUT2D eigenvalue weighted by molar-refractivity contribution is 0.238. The van der Waals surface area contributed by atoms with Gasteiger partial charge in [0, 0.05) is 25.2 Å². The van der Waals surface area contributed by atoms with Gasteiger partial charge in [0.25, 0.3) is 0 Å². The molecular formula is C16H23FN4. The summed E-state index contributed by atoms with van der Waals surface area (Å²) in [7, 11) is 2.18. The van der Waals surface area contributed by atoms with Crippen molar-refractivity contribution in [2.45, 2.75) is 45.2 Å². The summed E-state index contributed by atoms with van der Waals surface area (Å²) in [5.74, 6) is 0.241. The van der Waals surface area contributed by atoms with Crippen molar-refractivity contribution in [1.29, 1.82) is 0 Å². The number of nitrogen functional groups attached to an aromatic ring is 1. The minimum Gasteiger partial charge on any atom is -0.369 e. The maximum atomic E-state index is 13.6. The lowest BCUT2D eigenvalue weighted by Gasteiger charge is -2.24.